The van der Waals surface area contributed by atoms with Crippen LogP contribution in [0.5, 0.6) is 5.88 Å². The maximum Gasteiger partial charge on any atom is 0.247 e. The highest BCUT2D eigenvalue weighted by Crippen LogP contribution is 2.35. The smallest absolute Gasteiger partial charge is 0.247 e. The third kappa shape index (κ3) is 5.05. The topological polar surface area (TPSA) is 91.8 Å². The summed E-state index contributed by atoms with van der Waals surface area (Å²) in [6.07, 6.45) is 4.87. The molecule has 1 saturated heterocycles. The summed E-state index contributed by atoms with van der Waals surface area (Å²) < 4.78 is 5.92. The van der Waals surface area contributed by atoms with Gasteiger partial charge in [0.15, 0.2) is 0 Å². The highest BCUT2D eigenvalue weighted by molar-refractivity contribution is 5.87. The number of carbonyl (C=O) groups is 2. The van der Waals surface area contributed by atoms with Crippen molar-refractivity contribution in [3.63, 3.8) is 0 Å². The molecule has 1 aliphatic heterocycles. The van der Waals surface area contributed by atoms with Gasteiger partial charge in [-0.25, -0.2) is 10.5 Å². The zero-order chi connectivity index (χ0) is 21.6. The van der Waals surface area contributed by atoms with Crippen LogP contribution in [-0.4, -0.2) is 46.1 Å². The molecule has 1 aliphatic carbocycles. The van der Waals surface area contributed by atoms with Crippen molar-refractivity contribution in [2.45, 2.75) is 44.1 Å². The highest BCUT2D eigenvalue weighted by Gasteiger charge is 2.42. The molecule has 31 heavy (non-hydrogen) atoms. The fraction of sp³-hybridized carbons (Fsp3) is 0.458. The van der Waals surface area contributed by atoms with Crippen LogP contribution in [0.3, 0.4) is 0 Å². The van der Waals surface area contributed by atoms with Gasteiger partial charge in [0.05, 0.1) is 11.8 Å². The molecule has 4 rings (SSSR count). The van der Waals surface area contributed by atoms with Crippen molar-refractivity contribution in [2.24, 2.45) is 11.8 Å². The van der Waals surface area contributed by atoms with Gasteiger partial charge in [0.1, 0.15) is 6.10 Å². The second-order valence-corrected chi connectivity index (χ2v) is 8.42. The SMILES string of the molecule is O=C(NO)[C@H]1CC(Oc2ccccn2)CC[C@@H]1C(=O)N1CCC(c2ccccc2)CC1. The molecule has 7 heteroatoms. The van der Waals surface area contributed by atoms with Gasteiger partial charge in [-0.05, 0) is 49.7 Å². The number of pyridine rings is 1. The predicted octanol–water partition coefficient (Wildman–Crippen LogP) is 3.16. The largest absolute Gasteiger partial charge is 0.474 e. The number of carbonyl (C=O) groups excluding carboxylic acids is 2. The molecule has 2 aromatic rings. The molecule has 1 saturated carbocycles. The van der Waals surface area contributed by atoms with Gasteiger partial charge in [-0.15, -0.1) is 0 Å². The normalized spacial score (nSPS) is 24.4. The first-order valence-electron chi connectivity index (χ1n) is 11.0. The van der Waals surface area contributed by atoms with Crippen LogP contribution in [0, 0.1) is 11.8 Å². The van der Waals surface area contributed by atoms with Gasteiger partial charge in [-0.1, -0.05) is 36.4 Å². The van der Waals surface area contributed by atoms with Crippen molar-refractivity contribution in [1.82, 2.24) is 15.4 Å². The Kier molecular flexibility index (Phi) is 6.82. The van der Waals surface area contributed by atoms with E-state index in [1.807, 2.05) is 23.1 Å². The molecule has 2 fully saturated rings. The van der Waals surface area contributed by atoms with Crippen LogP contribution in [0.1, 0.15) is 43.6 Å². The molecule has 2 aliphatic rings. The lowest BCUT2D eigenvalue weighted by molar-refractivity contribution is -0.149. The maximum atomic E-state index is 13.3. The minimum absolute atomic E-state index is 0.0106. The molecule has 0 bridgehead atoms. The number of hydrogen-bond donors (Lipinski definition) is 2. The van der Waals surface area contributed by atoms with E-state index in [1.54, 1.807) is 17.7 Å². The molecule has 2 N–H and O–H groups in total. The van der Waals surface area contributed by atoms with E-state index in [1.165, 1.54) is 5.56 Å². The van der Waals surface area contributed by atoms with E-state index in [0.29, 0.717) is 44.1 Å². The molecular weight excluding hydrogens is 394 g/mol. The molecular formula is C24H29N3O4. The number of nitrogens with one attached hydrogen (secondary N) is 1. The second-order valence-electron chi connectivity index (χ2n) is 8.42. The van der Waals surface area contributed by atoms with Crippen LogP contribution in [0.2, 0.25) is 0 Å². The molecule has 2 amide bonds. The number of amides is 2. The van der Waals surface area contributed by atoms with E-state index in [9.17, 15) is 14.8 Å². The number of ether oxygens (including phenoxy) is 1. The third-order valence-electron chi connectivity index (χ3n) is 6.57. The monoisotopic (exact) mass is 423 g/mol. The second kappa shape index (κ2) is 9.92. The van der Waals surface area contributed by atoms with Crippen molar-refractivity contribution in [1.29, 1.82) is 0 Å². The van der Waals surface area contributed by atoms with Crippen LogP contribution >= 0.6 is 0 Å². The van der Waals surface area contributed by atoms with Crippen LogP contribution in [0.4, 0.5) is 0 Å². The van der Waals surface area contributed by atoms with E-state index in [-0.39, 0.29) is 12.0 Å². The fourth-order valence-corrected chi connectivity index (χ4v) is 4.89. The van der Waals surface area contributed by atoms with Gasteiger partial charge in [0, 0.05) is 25.4 Å². The Hall–Kier alpha value is -2.93. The molecule has 2 heterocycles. The molecule has 164 valence electrons. The quantitative estimate of drug-likeness (QED) is 0.569. The first kappa shape index (κ1) is 21.3. The molecule has 1 unspecified atom stereocenters. The lowest BCUT2D eigenvalue weighted by Crippen LogP contribution is -2.49. The summed E-state index contributed by atoms with van der Waals surface area (Å²) in [6.45, 7) is 1.38. The lowest BCUT2D eigenvalue weighted by Gasteiger charge is -2.39. The number of hydroxylamine groups is 1. The Bertz CT molecular complexity index is 869. The molecule has 3 atom stereocenters. The summed E-state index contributed by atoms with van der Waals surface area (Å²) in [5, 5.41) is 9.26. The summed E-state index contributed by atoms with van der Waals surface area (Å²) in [5.41, 5.74) is 3.07. The van der Waals surface area contributed by atoms with E-state index < -0.39 is 17.7 Å². The van der Waals surface area contributed by atoms with Crippen molar-refractivity contribution >= 4 is 11.8 Å². The minimum Gasteiger partial charge on any atom is -0.474 e. The van der Waals surface area contributed by atoms with E-state index in [4.69, 9.17) is 4.74 Å². The molecule has 7 nitrogen and oxygen atoms in total. The average molecular weight is 424 g/mol. The Morgan fingerprint density at radius 1 is 0.968 bits per heavy atom. The summed E-state index contributed by atoms with van der Waals surface area (Å²) in [5.74, 6) is -0.605. The first-order chi connectivity index (χ1) is 15.2. The number of nitrogens with zero attached hydrogens (tertiary/aromatic N) is 2. The minimum atomic E-state index is -0.619. The van der Waals surface area contributed by atoms with Crippen molar-refractivity contribution in [2.75, 3.05) is 13.1 Å². The number of rotatable bonds is 5. The molecule has 1 aromatic heterocycles. The number of aromatic nitrogens is 1. The van der Waals surface area contributed by atoms with Gasteiger partial charge < -0.3 is 9.64 Å². The number of hydrogen-bond acceptors (Lipinski definition) is 5. The summed E-state index contributed by atoms with van der Waals surface area (Å²) >= 11 is 0. The zero-order valence-corrected chi connectivity index (χ0v) is 17.5. The average Bonchev–Trinajstić information content (AvgIpc) is 2.84. The van der Waals surface area contributed by atoms with Crippen LogP contribution in [0.15, 0.2) is 54.7 Å². The first-order valence-corrected chi connectivity index (χ1v) is 11.0. The fourth-order valence-electron chi connectivity index (χ4n) is 4.89. The number of benzene rings is 1. The Morgan fingerprint density at radius 2 is 1.71 bits per heavy atom. The van der Waals surface area contributed by atoms with Gasteiger partial charge in [-0.3, -0.25) is 14.8 Å². The lowest BCUT2D eigenvalue weighted by atomic mass is 9.76. The van der Waals surface area contributed by atoms with Crippen LogP contribution < -0.4 is 10.2 Å². The van der Waals surface area contributed by atoms with Crippen molar-refractivity contribution in [3.8, 4) is 5.88 Å². The van der Waals surface area contributed by atoms with E-state index >= 15 is 0 Å². The van der Waals surface area contributed by atoms with Gasteiger partial charge >= 0.3 is 0 Å². The predicted molar refractivity (Wildman–Crippen MR) is 114 cm³/mol. The summed E-state index contributed by atoms with van der Waals surface area (Å²) in [6, 6.07) is 15.8. The maximum absolute atomic E-state index is 13.3. The Balaban J connectivity index is 1.38. The van der Waals surface area contributed by atoms with Crippen molar-refractivity contribution in [3.05, 3.63) is 60.3 Å². The zero-order valence-electron chi connectivity index (χ0n) is 17.5. The van der Waals surface area contributed by atoms with E-state index in [0.717, 1.165) is 12.8 Å². The number of piperidine rings is 1. The van der Waals surface area contributed by atoms with Gasteiger partial charge in [0.25, 0.3) is 0 Å². The Labute approximate surface area is 182 Å². The number of likely N-dealkylation sites (tertiary alicyclic amines) is 1. The molecule has 0 radical (unpaired) electrons. The molecule has 0 spiro atoms. The van der Waals surface area contributed by atoms with Gasteiger partial charge in [-0.2, -0.15) is 0 Å². The Morgan fingerprint density at radius 3 is 2.39 bits per heavy atom. The molecule has 1 aromatic carbocycles. The van der Waals surface area contributed by atoms with Crippen LogP contribution in [-0.2, 0) is 9.59 Å². The van der Waals surface area contributed by atoms with Crippen LogP contribution in [0.25, 0.3) is 0 Å². The van der Waals surface area contributed by atoms with Gasteiger partial charge in [0.2, 0.25) is 17.7 Å². The summed E-state index contributed by atoms with van der Waals surface area (Å²) in [7, 11) is 0. The van der Waals surface area contributed by atoms with E-state index in [2.05, 4.69) is 29.2 Å². The third-order valence-corrected chi connectivity index (χ3v) is 6.57. The standard InChI is InChI=1S/C24H29N3O4/c28-23(26-30)21-16-19(31-22-8-4-5-13-25-22)9-10-20(21)24(29)27-14-11-18(12-15-27)17-6-2-1-3-7-17/h1-8,13,18-21,30H,9-12,14-16H2,(H,26,28)/t19?,20-,21-/m0/s1. The summed E-state index contributed by atoms with van der Waals surface area (Å²) in [4.78, 5) is 31.8. The van der Waals surface area contributed by atoms with Crippen molar-refractivity contribution < 1.29 is 19.5 Å². The highest BCUT2D eigenvalue weighted by atomic mass is 16.5.